The molecule has 5 heteroatoms. The molecule has 1 aliphatic rings. The largest absolute Gasteiger partial charge is 0.385 e. The van der Waals surface area contributed by atoms with E-state index in [2.05, 4.69) is 5.32 Å². The summed E-state index contributed by atoms with van der Waals surface area (Å²) in [6.07, 6.45) is 1.94. The highest BCUT2D eigenvalue weighted by Crippen LogP contribution is 2.25. The van der Waals surface area contributed by atoms with Crippen molar-refractivity contribution in [2.45, 2.75) is 26.3 Å². The Balaban J connectivity index is 1.98. The molecular weight excluding hydrogens is 244 g/mol. The third-order valence-corrected chi connectivity index (χ3v) is 2.97. The Kier molecular flexibility index (Phi) is 4.52. The number of carbonyl (C=O) groups is 2. The molecule has 1 heterocycles. The summed E-state index contributed by atoms with van der Waals surface area (Å²) in [7, 11) is 0. The highest BCUT2D eigenvalue weighted by atomic mass is 16.7. The number of hydrogen-bond acceptors (Lipinski definition) is 4. The van der Waals surface area contributed by atoms with E-state index in [0.717, 1.165) is 24.1 Å². The second-order valence-corrected chi connectivity index (χ2v) is 4.39. The third kappa shape index (κ3) is 3.12. The molecule has 1 amide bonds. The van der Waals surface area contributed by atoms with Gasteiger partial charge in [-0.15, -0.1) is 0 Å². The summed E-state index contributed by atoms with van der Waals surface area (Å²) in [5.41, 5.74) is 2.67. The van der Waals surface area contributed by atoms with Crippen LogP contribution in [0.1, 0.15) is 35.7 Å². The van der Waals surface area contributed by atoms with E-state index in [1.165, 1.54) is 5.06 Å². The molecule has 5 nitrogen and oxygen atoms in total. The number of amides is 1. The molecule has 1 aromatic carbocycles. The van der Waals surface area contributed by atoms with E-state index < -0.39 is 0 Å². The zero-order valence-corrected chi connectivity index (χ0v) is 11.0. The molecule has 0 fully saturated rings. The van der Waals surface area contributed by atoms with Crippen molar-refractivity contribution in [1.29, 1.82) is 0 Å². The first-order valence-electron chi connectivity index (χ1n) is 6.51. The highest BCUT2D eigenvalue weighted by Gasteiger charge is 2.28. The van der Waals surface area contributed by atoms with E-state index >= 15 is 0 Å². The summed E-state index contributed by atoms with van der Waals surface area (Å²) in [6.45, 7) is 3.73. The zero-order chi connectivity index (χ0) is 13.7. The van der Waals surface area contributed by atoms with Crippen molar-refractivity contribution >= 4 is 17.9 Å². The minimum Gasteiger partial charge on any atom is -0.385 e. The van der Waals surface area contributed by atoms with Crippen molar-refractivity contribution in [2.75, 3.05) is 18.5 Å². The fraction of sp³-hybridized carbons (Fsp3) is 0.429. The van der Waals surface area contributed by atoms with Gasteiger partial charge >= 0.3 is 0 Å². The number of rotatable bonds is 7. The Morgan fingerprint density at radius 3 is 3.05 bits per heavy atom. The molecule has 0 aromatic heterocycles. The van der Waals surface area contributed by atoms with E-state index in [1.807, 2.05) is 25.1 Å². The van der Waals surface area contributed by atoms with Gasteiger partial charge in [0.25, 0.3) is 5.91 Å². The summed E-state index contributed by atoms with van der Waals surface area (Å²) < 4.78 is 0. The van der Waals surface area contributed by atoms with Gasteiger partial charge in [-0.1, -0.05) is 0 Å². The van der Waals surface area contributed by atoms with Crippen LogP contribution >= 0.6 is 0 Å². The topological polar surface area (TPSA) is 58.6 Å². The van der Waals surface area contributed by atoms with Gasteiger partial charge < -0.3 is 10.1 Å². The van der Waals surface area contributed by atoms with Crippen LogP contribution in [0, 0.1) is 0 Å². The minimum absolute atomic E-state index is 0.107. The maximum atomic E-state index is 12.0. The first-order chi connectivity index (χ1) is 9.26. The Bertz CT molecular complexity index is 474. The molecule has 0 unspecified atom stereocenters. The predicted octanol–water partition coefficient (Wildman–Crippen LogP) is 1.98. The molecule has 0 saturated heterocycles. The van der Waals surface area contributed by atoms with Crippen LogP contribution in [-0.4, -0.2) is 30.4 Å². The molecule has 0 radical (unpaired) electrons. The molecule has 19 heavy (non-hydrogen) atoms. The fourth-order valence-corrected chi connectivity index (χ4v) is 2.05. The van der Waals surface area contributed by atoms with Crippen molar-refractivity contribution in [3.63, 3.8) is 0 Å². The summed E-state index contributed by atoms with van der Waals surface area (Å²) in [5, 5.41) is 4.58. The summed E-state index contributed by atoms with van der Waals surface area (Å²) in [6, 6.07) is 5.70. The van der Waals surface area contributed by atoms with E-state index in [0.29, 0.717) is 31.6 Å². The Labute approximate surface area is 112 Å². The number of hydrogen-bond donors (Lipinski definition) is 1. The van der Waals surface area contributed by atoms with Gasteiger partial charge in [0.05, 0.1) is 13.2 Å². The monoisotopic (exact) mass is 262 g/mol. The molecule has 0 saturated carbocycles. The number of anilines is 1. The number of nitrogens with one attached hydrogen (secondary N) is 1. The number of fused-ring (bicyclic) bond motifs is 1. The Morgan fingerprint density at radius 2 is 2.32 bits per heavy atom. The average molecular weight is 262 g/mol. The van der Waals surface area contributed by atoms with Gasteiger partial charge in [-0.25, -0.2) is 5.06 Å². The van der Waals surface area contributed by atoms with Crippen LogP contribution in [0.5, 0.6) is 0 Å². The lowest BCUT2D eigenvalue weighted by molar-refractivity contribution is -0.127. The van der Waals surface area contributed by atoms with Crippen molar-refractivity contribution in [1.82, 2.24) is 5.06 Å². The molecular formula is C14H18N2O3. The molecule has 1 aromatic rings. The van der Waals surface area contributed by atoms with Crippen molar-refractivity contribution < 1.29 is 14.4 Å². The quantitative estimate of drug-likeness (QED) is 0.603. The maximum Gasteiger partial charge on any atom is 0.278 e. The lowest BCUT2D eigenvalue weighted by Gasteiger charge is -2.14. The van der Waals surface area contributed by atoms with E-state index in [-0.39, 0.29) is 5.91 Å². The third-order valence-electron chi connectivity index (χ3n) is 2.97. The number of hydroxylamine groups is 2. The van der Waals surface area contributed by atoms with Gasteiger partial charge in [0.15, 0.2) is 0 Å². The van der Waals surface area contributed by atoms with Crippen LogP contribution in [-0.2, 0) is 16.2 Å². The number of unbranched alkanes of at least 4 members (excludes halogenated alkanes) is 1. The molecule has 1 aliphatic heterocycles. The smallest absolute Gasteiger partial charge is 0.278 e. The SMILES string of the molecule is CCNc1ccc2c(c1)CN(OCCCC=O)C2=O. The van der Waals surface area contributed by atoms with Crippen LogP contribution in [0.3, 0.4) is 0 Å². The van der Waals surface area contributed by atoms with E-state index in [9.17, 15) is 9.59 Å². The molecule has 0 spiro atoms. The van der Waals surface area contributed by atoms with Gasteiger partial charge in [0, 0.05) is 24.2 Å². The van der Waals surface area contributed by atoms with Crippen molar-refractivity contribution in [2.24, 2.45) is 0 Å². The van der Waals surface area contributed by atoms with Crippen LogP contribution in [0.2, 0.25) is 0 Å². The second kappa shape index (κ2) is 6.33. The van der Waals surface area contributed by atoms with E-state index in [4.69, 9.17) is 4.84 Å². The normalized spacial score (nSPS) is 13.5. The number of nitrogens with zero attached hydrogens (tertiary/aromatic N) is 1. The zero-order valence-electron chi connectivity index (χ0n) is 11.0. The molecule has 0 atom stereocenters. The summed E-state index contributed by atoms with van der Waals surface area (Å²) in [4.78, 5) is 27.6. The van der Waals surface area contributed by atoms with Crippen LogP contribution in [0.25, 0.3) is 0 Å². The molecule has 0 bridgehead atoms. The lowest BCUT2D eigenvalue weighted by Crippen LogP contribution is -2.24. The van der Waals surface area contributed by atoms with Crippen LogP contribution in [0.15, 0.2) is 18.2 Å². The number of carbonyl (C=O) groups excluding carboxylic acids is 2. The lowest BCUT2D eigenvalue weighted by atomic mass is 10.1. The Morgan fingerprint density at radius 1 is 1.47 bits per heavy atom. The molecule has 1 N–H and O–H groups in total. The molecule has 102 valence electrons. The first-order valence-corrected chi connectivity index (χ1v) is 6.51. The van der Waals surface area contributed by atoms with Crippen LogP contribution in [0.4, 0.5) is 5.69 Å². The minimum atomic E-state index is -0.107. The van der Waals surface area contributed by atoms with Crippen molar-refractivity contribution in [3.8, 4) is 0 Å². The summed E-state index contributed by atoms with van der Waals surface area (Å²) >= 11 is 0. The average Bonchev–Trinajstić information content (AvgIpc) is 2.72. The number of aldehydes is 1. The van der Waals surface area contributed by atoms with Gasteiger partial charge in [-0.2, -0.15) is 0 Å². The highest BCUT2D eigenvalue weighted by molar-refractivity contribution is 5.98. The predicted molar refractivity (Wildman–Crippen MR) is 71.7 cm³/mol. The van der Waals surface area contributed by atoms with Gasteiger partial charge in [0.2, 0.25) is 0 Å². The molecule has 0 aliphatic carbocycles. The Hall–Kier alpha value is -1.88. The van der Waals surface area contributed by atoms with Crippen LogP contribution < -0.4 is 5.32 Å². The summed E-state index contributed by atoms with van der Waals surface area (Å²) in [5.74, 6) is -0.107. The molecule has 2 rings (SSSR count). The first kappa shape index (κ1) is 13.5. The van der Waals surface area contributed by atoms with E-state index in [1.54, 1.807) is 0 Å². The number of benzene rings is 1. The van der Waals surface area contributed by atoms with Gasteiger partial charge in [0.1, 0.15) is 6.29 Å². The van der Waals surface area contributed by atoms with Gasteiger partial charge in [-0.05, 0) is 37.1 Å². The standard InChI is InChI=1S/C14H18N2O3/c1-2-15-12-5-6-13-11(9-12)10-16(14(13)18)19-8-4-3-7-17/h5-7,9,15H,2-4,8,10H2,1H3. The maximum absolute atomic E-state index is 12.0. The van der Waals surface area contributed by atoms with Crippen molar-refractivity contribution in [3.05, 3.63) is 29.3 Å². The fourth-order valence-electron chi connectivity index (χ4n) is 2.05. The van der Waals surface area contributed by atoms with Gasteiger partial charge in [-0.3, -0.25) is 9.63 Å². The second-order valence-electron chi connectivity index (χ2n) is 4.39.